The molecular formula is C26H31NO4. The zero-order chi connectivity index (χ0) is 22.4. The monoisotopic (exact) mass is 421 g/mol. The lowest BCUT2D eigenvalue weighted by molar-refractivity contribution is -0.128. The van der Waals surface area contributed by atoms with E-state index in [0.29, 0.717) is 24.9 Å². The number of nitrogens with zero attached hydrogens (tertiary/aromatic N) is 1. The highest BCUT2D eigenvalue weighted by atomic mass is 16.5. The molecule has 2 aromatic carbocycles. The highest BCUT2D eigenvalue weighted by Gasteiger charge is 2.31. The van der Waals surface area contributed by atoms with Gasteiger partial charge in [-0.25, -0.2) is 4.79 Å². The van der Waals surface area contributed by atoms with E-state index >= 15 is 0 Å². The van der Waals surface area contributed by atoms with Gasteiger partial charge >= 0.3 is 5.97 Å². The van der Waals surface area contributed by atoms with Gasteiger partial charge in [-0.15, -0.1) is 0 Å². The maximum Gasteiger partial charge on any atom is 0.337 e. The minimum absolute atomic E-state index is 0.0111. The van der Waals surface area contributed by atoms with Crippen LogP contribution in [0.5, 0.6) is 0 Å². The molecule has 3 rings (SSSR count). The van der Waals surface area contributed by atoms with Crippen molar-refractivity contribution < 1.29 is 19.4 Å². The number of benzene rings is 2. The molecule has 5 nitrogen and oxygen atoms in total. The summed E-state index contributed by atoms with van der Waals surface area (Å²) >= 11 is 0. The van der Waals surface area contributed by atoms with Gasteiger partial charge in [-0.05, 0) is 36.1 Å². The van der Waals surface area contributed by atoms with Crippen LogP contribution < -0.4 is 0 Å². The van der Waals surface area contributed by atoms with Gasteiger partial charge in [-0.3, -0.25) is 4.79 Å². The number of carbonyl (C=O) groups is 2. The summed E-state index contributed by atoms with van der Waals surface area (Å²) in [5.74, 6) is -0.221. The van der Waals surface area contributed by atoms with Crippen molar-refractivity contribution in [1.29, 1.82) is 0 Å². The number of rotatable bonds is 8. The van der Waals surface area contributed by atoms with Crippen LogP contribution in [0.2, 0.25) is 0 Å². The van der Waals surface area contributed by atoms with E-state index in [1.165, 1.54) is 7.11 Å². The normalized spacial score (nSPS) is 17.9. The molecule has 0 radical (unpaired) electrons. The third-order valence-electron chi connectivity index (χ3n) is 6.16. The van der Waals surface area contributed by atoms with Crippen LogP contribution in [-0.2, 0) is 21.4 Å². The molecule has 1 unspecified atom stereocenters. The number of aliphatic hydroxyl groups is 1. The zero-order valence-corrected chi connectivity index (χ0v) is 18.5. The van der Waals surface area contributed by atoms with Crippen molar-refractivity contribution in [3.8, 4) is 0 Å². The molecule has 31 heavy (non-hydrogen) atoms. The van der Waals surface area contributed by atoms with E-state index in [-0.39, 0.29) is 17.9 Å². The van der Waals surface area contributed by atoms with E-state index in [0.717, 1.165) is 17.5 Å². The van der Waals surface area contributed by atoms with Crippen molar-refractivity contribution >= 4 is 11.9 Å². The van der Waals surface area contributed by atoms with E-state index < -0.39 is 11.5 Å². The second kappa shape index (κ2) is 9.92. The van der Waals surface area contributed by atoms with E-state index in [9.17, 15) is 14.7 Å². The summed E-state index contributed by atoms with van der Waals surface area (Å²) in [5, 5.41) is 10.8. The number of carbonyl (C=O) groups excluding carboxylic acids is 2. The molecule has 2 atom stereocenters. The molecule has 0 bridgehead atoms. The highest BCUT2D eigenvalue weighted by Crippen LogP contribution is 2.29. The van der Waals surface area contributed by atoms with Crippen molar-refractivity contribution in [2.45, 2.75) is 50.7 Å². The Morgan fingerprint density at radius 2 is 1.87 bits per heavy atom. The molecule has 0 aromatic heterocycles. The van der Waals surface area contributed by atoms with Crippen molar-refractivity contribution in [2.24, 2.45) is 0 Å². The van der Waals surface area contributed by atoms with Crippen molar-refractivity contribution in [3.63, 3.8) is 0 Å². The van der Waals surface area contributed by atoms with Gasteiger partial charge in [0.05, 0.1) is 24.8 Å². The number of methoxy groups -OCH3 is 1. The number of ether oxygens (including phenoxy) is 1. The maximum absolute atomic E-state index is 12.4. The number of likely N-dealkylation sites (tertiary alicyclic amines) is 1. The van der Waals surface area contributed by atoms with Gasteiger partial charge in [0.15, 0.2) is 0 Å². The molecule has 1 aliphatic rings. The van der Waals surface area contributed by atoms with Gasteiger partial charge in [0.25, 0.3) is 0 Å². The van der Waals surface area contributed by atoms with Crippen LogP contribution in [0.4, 0.5) is 0 Å². The maximum atomic E-state index is 12.4. The number of aliphatic hydroxyl groups excluding tert-OH is 1. The van der Waals surface area contributed by atoms with Gasteiger partial charge < -0.3 is 14.7 Å². The Labute approximate surface area is 184 Å². The smallest absolute Gasteiger partial charge is 0.337 e. The average Bonchev–Trinajstić information content (AvgIpc) is 3.15. The molecule has 1 heterocycles. The van der Waals surface area contributed by atoms with Crippen LogP contribution >= 0.6 is 0 Å². The largest absolute Gasteiger partial charge is 0.465 e. The Kier molecular flexibility index (Phi) is 7.29. The van der Waals surface area contributed by atoms with Crippen molar-refractivity contribution in [2.75, 3.05) is 13.7 Å². The van der Waals surface area contributed by atoms with Crippen LogP contribution in [0.15, 0.2) is 66.7 Å². The van der Waals surface area contributed by atoms with E-state index in [2.05, 4.69) is 0 Å². The molecule has 164 valence electrons. The summed E-state index contributed by atoms with van der Waals surface area (Å²) < 4.78 is 4.72. The van der Waals surface area contributed by atoms with Gasteiger partial charge in [0.2, 0.25) is 5.91 Å². The Bertz CT molecular complexity index is 918. The molecule has 1 saturated heterocycles. The average molecular weight is 422 g/mol. The fourth-order valence-corrected chi connectivity index (χ4v) is 3.93. The molecule has 5 heteroatoms. The quantitative estimate of drug-likeness (QED) is 0.519. The van der Waals surface area contributed by atoms with Gasteiger partial charge in [0.1, 0.15) is 0 Å². The van der Waals surface area contributed by atoms with Crippen LogP contribution in [0.25, 0.3) is 0 Å². The third kappa shape index (κ3) is 5.42. The minimum Gasteiger partial charge on any atom is -0.465 e. The molecule has 1 fully saturated rings. The minimum atomic E-state index is -0.654. The van der Waals surface area contributed by atoms with Gasteiger partial charge in [-0.2, -0.15) is 0 Å². The molecule has 2 aromatic rings. The van der Waals surface area contributed by atoms with Crippen molar-refractivity contribution in [3.05, 3.63) is 83.4 Å². The summed E-state index contributed by atoms with van der Waals surface area (Å²) in [6.07, 6.45) is 5.13. The fourth-order valence-electron chi connectivity index (χ4n) is 3.93. The number of amides is 1. The van der Waals surface area contributed by atoms with Crippen molar-refractivity contribution in [1.82, 2.24) is 4.90 Å². The Balaban J connectivity index is 1.62. The van der Waals surface area contributed by atoms with E-state index in [4.69, 9.17) is 4.74 Å². The first kappa shape index (κ1) is 22.8. The first-order chi connectivity index (χ1) is 14.8. The molecule has 0 saturated carbocycles. The number of hydrogen-bond acceptors (Lipinski definition) is 4. The Morgan fingerprint density at radius 3 is 2.52 bits per heavy atom. The zero-order valence-electron chi connectivity index (χ0n) is 18.5. The van der Waals surface area contributed by atoms with Crippen LogP contribution in [0.3, 0.4) is 0 Å². The van der Waals surface area contributed by atoms with E-state index in [1.54, 1.807) is 12.1 Å². The number of hydrogen-bond donors (Lipinski definition) is 1. The van der Waals surface area contributed by atoms with Crippen LogP contribution in [0, 0.1) is 0 Å². The molecule has 1 N–H and O–H groups in total. The predicted octanol–water partition coefficient (Wildman–Crippen LogP) is 3.90. The summed E-state index contributed by atoms with van der Waals surface area (Å²) in [4.78, 5) is 25.9. The highest BCUT2D eigenvalue weighted by molar-refractivity contribution is 5.89. The Morgan fingerprint density at radius 1 is 1.19 bits per heavy atom. The molecule has 1 amide bonds. The predicted molar refractivity (Wildman–Crippen MR) is 121 cm³/mol. The Hall–Kier alpha value is -2.92. The topological polar surface area (TPSA) is 66.8 Å². The fraction of sp³-hybridized carbons (Fsp3) is 0.385. The standard InChI is InChI=1S/C26H31NO4/c1-26(2,21-7-5-4-6-8-21)23(28)15-13-22-14-16-24(29)27(22)18-17-19-9-11-20(12-10-19)25(30)31-3/h4-13,15,22-23,28H,14,16-18H2,1-3H3/b15-13+/t22-,23?/m0/s1. The van der Waals surface area contributed by atoms with E-state index in [1.807, 2.05) is 73.4 Å². The number of esters is 1. The summed E-state index contributed by atoms with van der Waals surface area (Å²) in [7, 11) is 1.36. The summed E-state index contributed by atoms with van der Waals surface area (Å²) in [5.41, 5.74) is 2.22. The lowest BCUT2D eigenvalue weighted by atomic mass is 9.79. The first-order valence-electron chi connectivity index (χ1n) is 10.7. The molecule has 0 aliphatic carbocycles. The molecule has 0 spiro atoms. The lowest BCUT2D eigenvalue weighted by Gasteiger charge is -2.30. The molecular weight excluding hydrogens is 390 g/mol. The second-order valence-electron chi connectivity index (χ2n) is 8.55. The van der Waals surface area contributed by atoms with Gasteiger partial charge in [-0.1, -0.05) is 68.5 Å². The summed E-state index contributed by atoms with van der Waals surface area (Å²) in [6.45, 7) is 4.64. The van der Waals surface area contributed by atoms with Gasteiger partial charge in [0, 0.05) is 18.4 Å². The second-order valence-corrected chi connectivity index (χ2v) is 8.55. The third-order valence-corrected chi connectivity index (χ3v) is 6.16. The SMILES string of the molecule is COC(=O)c1ccc(CCN2C(=O)CC[C@@H]2/C=C/C(O)C(C)(C)c2ccccc2)cc1. The summed E-state index contributed by atoms with van der Waals surface area (Å²) in [6, 6.07) is 17.2. The molecule has 1 aliphatic heterocycles. The van der Waals surface area contributed by atoms with Crippen LogP contribution in [0.1, 0.15) is 48.2 Å². The first-order valence-corrected chi connectivity index (χ1v) is 10.7. The lowest BCUT2D eigenvalue weighted by Crippen LogP contribution is -2.35. The van der Waals surface area contributed by atoms with Crippen LogP contribution in [-0.4, -0.2) is 47.7 Å².